The SMILES string of the molecule is O=C1C=c2[nH]c3ccccc3c2=NC1=O. The third-order valence-corrected chi connectivity index (χ3v) is 2.41. The van der Waals surface area contributed by atoms with Gasteiger partial charge in [0.2, 0.25) is 5.78 Å². The standard InChI is InChI=1S/C11H6N2O2/c14-9-5-8-10(13-11(9)15)6-3-1-2-4-7(6)12-8/h1-5,12H. The number of amides is 1. The van der Waals surface area contributed by atoms with E-state index in [1.54, 1.807) is 0 Å². The summed E-state index contributed by atoms with van der Waals surface area (Å²) in [6.45, 7) is 0. The van der Waals surface area contributed by atoms with Gasteiger partial charge in [0.25, 0.3) is 0 Å². The topological polar surface area (TPSA) is 62.3 Å². The number of para-hydroxylation sites is 1. The lowest BCUT2D eigenvalue weighted by Crippen LogP contribution is -2.32. The summed E-state index contributed by atoms with van der Waals surface area (Å²) < 4.78 is 0. The van der Waals surface area contributed by atoms with Gasteiger partial charge in [-0.15, -0.1) is 0 Å². The number of carbonyl (C=O) groups is 2. The molecule has 0 fully saturated rings. The van der Waals surface area contributed by atoms with E-state index in [1.807, 2.05) is 24.3 Å². The average Bonchev–Trinajstić information content (AvgIpc) is 2.57. The number of fused-ring (bicyclic) bond motifs is 3. The van der Waals surface area contributed by atoms with E-state index < -0.39 is 11.7 Å². The van der Waals surface area contributed by atoms with Crippen molar-refractivity contribution in [1.82, 2.24) is 4.98 Å². The van der Waals surface area contributed by atoms with Crippen LogP contribution in [0.1, 0.15) is 0 Å². The molecule has 1 aromatic heterocycles. The van der Waals surface area contributed by atoms with Crippen molar-refractivity contribution in [3.63, 3.8) is 0 Å². The Morgan fingerprint density at radius 3 is 2.80 bits per heavy atom. The van der Waals surface area contributed by atoms with Gasteiger partial charge in [-0.3, -0.25) is 9.59 Å². The van der Waals surface area contributed by atoms with Gasteiger partial charge in [0, 0.05) is 17.0 Å². The fraction of sp³-hybridized carbons (Fsp3) is 0. The Balaban J connectivity index is 2.59. The van der Waals surface area contributed by atoms with E-state index in [4.69, 9.17) is 0 Å². The number of aromatic nitrogens is 1. The minimum Gasteiger partial charge on any atom is -0.353 e. The van der Waals surface area contributed by atoms with E-state index in [9.17, 15) is 9.59 Å². The Labute approximate surface area is 83.9 Å². The molecule has 2 aromatic rings. The van der Waals surface area contributed by atoms with E-state index in [2.05, 4.69) is 9.98 Å². The van der Waals surface area contributed by atoms with Gasteiger partial charge in [0.1, 0.15) is 5.36 Å². The molecular formula is C11H6N2O2. The minimum atomic E-state index is -0.702. The van der Waals surface area contributed by atoms with Crippen LogP contribution < -0.4 is 10.7 Å². The zero-order chi connectivity index (χ0) is 10.4. The highest BCUT2D eigenvalue weighted by molar-refractivity contribution is 6.48. The maximum absolute atomic E-state index is 11.1. The fourth-order valence-corrected chi connectivity index (χ4v) is 1.72. The van der Waals surface area contributed by atoms with E-state index in [0.717, 1.165) is 10.9 Å². The van der Waals surface area contributed by atoms with Crippen LogP contribution in [0, 0.1) is 0 Å². The number of hydrogen-bond donors (Lipinski definition) is 1. The number of hydrogen-bond acceptors (Lipinski definition) is 2. The number of carbonyl (C=O) groups excluding carboxylic acids is 2. The first-order chi connectivity index (χ1) is 7.25. The van der Waals surface area contributed by atoms with Crippen molar-refractivity contribution in [3.8, 4) is 0 Å². The Hall–Kier alpha value is -2.23. The molecule has 4 heteroatoms. The Morgan fingerprint density at radius 2 is 1.93 bits per heavy atom. The van der Waals surface area contributed by atoms with E-state index >= 15 is 0 Å². The largest absolute Gasteiger partial charge is 0.353 e. The van der Waals surface area contributed by atoms with Gasteiger partial charge in [-0.1, -0.05) is 18.2 Å². The lowest BCUT2D eigenvalue weighted by Gasteiger charge is -1.91. The molecule has 3 rings (SSSR count). The van der Waals surface area contributed by atoms with Crippen molar-refractivity contribution in [3.05, 3.63) is 35.0 Å². The van der Waals surface area contributed by atoms with Crippen LogP contribution >= 0.6 is 0 Å². The Kier molecular flexibility index (Phi) is 1.42. The molecule has 0 radical (unpaired) electrons. The lowest BCUT2D eigenvalue weighted by atomic mass is 10.2. The Bertz CT molecular complexity index is 710. The number of ketones is 1. The lowest BCUT2D eigenvalue weighted by molar-refractivity contribution is -0.132. The predicted molar refractivity (Wildman–Crippen MR) is 53.6 cm³/mol. The number of benzene rings is 1. The quantitative estimate of drug-likeness (QED) is 0.589. The molecular weight excluding hydrogens is 192 g/mol. The maximum Gasteiger partial charge on any atom is 0.318 e. The molecule has 0 bridgehead atoms. The highest BCUT2D eigenvalue weighted by Crippen LogP contribution is 2.04. The van der Waals surface area contributed by atoms with Crippen LogP contribution in [-0.2, 0) is 9.59 Å². The molecule has 1 aliphatic rings. The third kappa shape index (κ3) is 1.05. The molecule has 0 saturated carbocycles. The normalized spacial score (nSPS) is 14.7. The number of Topliss-reactive ketones (excluding diaryl/α,β-unsaturated/α-hetero) is 1. The number of aromatic amines is 1. The van der Waals surface area contributed by atoms with Crippen molar-refractivity contribution in [1.29, 1.82) is 0 Å². The zero-order valence-corrected chi connectivity index (χ0v) is 7.65. The van der Waals surface area contributed by atoms with Crippen molar-refractivity contribution in [2.75, 3.05) is 0 Å². The van der Waals surface area contributed by atoms with E-state index in [0.29, 0.717) is 10.7 Å². The molecule has 1 amide bonds. The molecule has 72 valence electrons. The summed E-state index contributed by atoms with van der Waals surface area (Å²) >= 11 is 0. The van der Waals surface area contributed by atoms with E-state index in [1.165, 1.54) is 6.08 Å². The summed E-state index contributed by atoms with van der Waals surface area (Å²) in [6, 6.07) is 7.50. The van der Waals surface area contributed by atoms with Gasteiger partial charge >= 0.3 is 5.91 Å². The Morgan fingerprint density at radius 1 is 1.13 bits per heavy atom. The molecule has 0 spiro atoms. The molecule has 2 heterocycles. The van der Waals surface area contributed by atoms with Gasteiger partial charge in [0.15, 0.2) is 0 Å². The van der Waals surface area contributed by atoms with Crippen LogP contribution in [0.3, 0.4) is 0 Å². The summed E-state index contributed by atoms with van der Waals surface area (Å²) in [5.74, 6) is -1.28. The second kappa shape index (κ2) is 2.63. The van der Waals surface area contributed by atoms with Crippen LogP contribution in [0.15, 0.2) is 29.3 Å². The summed E-state index contributed by atoms with van der Waals surface area (Å²) in [4.78, 5) is 29.1. The molecule has 0 saturated heterocycles. The molecule has 1 N–H and O–H groups in total. The summed E-state index contributed by atoms with van der Waals surface area (Å²) in [5, 5.41) is 2.04. The first-order valence-electron chi connectivity index (χ1n) is 4.51. The molecule has 1 aliphatic heterocycles. The second-order valence-corrected chi connectivity index (χ2v) is 3.36. The number of rotatable bonds is 0. The molecule has 0 atom stereocenters. The summed E-state index contributed by atoms with van der Waals surface area (Å²) in [7, 11) is 0. The molecule has 15 heavy (non-hydrogen) atoms. The number of nitrogens with zero attached hydrogens (tertiary/aromatic N) is 1. The molecule has 0 aliphatic carbocycles. The molecule has 1 aromatic carbocycles. The maximum atomic E-state index is 11.1. The minimum absolute atomic E-state index is 0.565. The van der Waals surface area contributed by atoms with Gasteiger partial charge in [0.05, 0.1) is 5.35 Å². The highest BCUT2D eigenvalue weighted by atomic mass is 16.2. The van der Waals surface area contributed by atoms with Crippen LogP contribution in [0.2, 0.25) is 0 Å². The number of H-pyrrole nitrogens is 1. The van der Waals surface area contributed by atoms with Crippen molar-refractivity contribution < 1.29 is 9.59 Å². The average molecular weight is 198 g/mol. The molecule has 0 unspecified atom stereocenters. The third-order valence-electron chi connectivity index (χ3n) is 2.41. The van der Waals surface area contributed by atoms with Crippen molar-refractivity contribution in [2.45, 2.75) is 0 Å². The van der Waals surface area contributed by atoms with Crippen LogP contribution in [-0.4, -0.2) is 16.7 Å². The summed E-state index contributed by atoms with van der Waals surface area (Å²) in [5.41, 5.74) is 0.880. The predicted octanol–water partition coefficient (Wildman–Crippen LogP) is -0.323. The van der Waals surface area contributed by atoms with Crippen LogP contribution in [0.25, 0.3) is 17.0 Å². The van der Waals surface area contributed by atoms with Gasteiger partial charge in [-0.05, 0) is 6.07 Å². The monoisotopic (exact) mass is 198 g/mol. The first kappa shape index (κ1) is 8.11. The smallest absolute Gasteiger partial charge is 0.318 e. The zero-order valence-electron chi connectivity index (χ0n) is 7.65. The van der Waals surface area contributed by atoms with Crippen LogP contribution in [0.5, 0.6) is 0 Å². The highest BCUT2D eigenvalue weighted by Gasteiger charge is 2.15. The van der Waals surface area contributed by atoms with E-state index in [-0.39, 0.29) is 0 Å². The molecule has 4 nitrogen and oxygen atoms in total. The first-order valence-corrected chi connectivity index (χ1v) is 4.51. The summed E-state index contributed by atoms with van der Waals surface area (Å²) in [6.07, 6.45) is 1.30. The van der Waals surface area contributed by atoms with Crippen LogP contribution in [0.4, 0.5) is 0 Å². The van der Waals surface area contributed by atoms with Gasteiger partial charge in [-0.25, -0.2) is 4.99 Å². The van der Waals surface area contributed by atoms with Gasteiger partial charge < -0.3 is 4.98 Å². The number of nitrogens with one attached hydrogen (secondary N) is 1. The second-order valence-electron chi connectivity index (χ2n) is 3.36. The fourth-order valence-electron chi connectivity index (χ4n) is 1.72. The van der Waals surface area contributed by atoms with Crippen molar-refractivity contribution >= 4 is 28.7 Å². The van der Waals surface area contributed by atoms with Gasteiger partial charge in [-0.2, -0.15) is 0 Å². The van der Waals surface area contributed by atoms with Crippen molar-refractivity contribution in [2.24, 2.45) is 4.99 Å².